The molecule has 0 atom stereocenters. The maximum atomic E-state index is 2.59. The Labute approximate surface area is 586 Å². The van der Waals surface area contributed by atoms with Crippen molar-refractivity contribution < 1.29 is 0 Å². The van der Waals surface area contributed by atoms with E-state index in [1.165, 1.54) is 175 Å². The molecule has 0 radical (unpaired) electrons. The molecule has 0 spiro atoms. The third-order valence-electron chi connectivity index (χ3n) is 20.7. The molecule has 12 aromatic rings. The van der Waals surface area contributed by atoms with Crippen molar-refractivity contribution in [2.45, 2.75) is 149 Å². The van der Waals surface area contributed by atoms with Crippen LogP contribution in [0.25, 0.3) is 55.6 Å². The highest BCUT2D eigenvalue weighted by Crippen LogP contribution is 2.56. The minimum atomic E-state index is -0.00759. The first-order chi connectivity index (χ1) is 48.3. The van der Waals surface area contributed by atoms with E-state index in [0.29, 0.717) is 0 Å². The van der Waals surface area contributed by atoms with E-state index >= 15 is 0 Å². The number of anilines is 9. The molecule has 0 heterocycles. The van der Waals surface area contributed by atoms with E-state index in [4.69, 9.17) is 0 Å². The van der Waals surface area contributed by atoms with Gasteiger partial charge in [-0.3, -0.25) is 0 Å². The van der Waals surface area contributed by atoms with E-state index in [0.717, 1.165) is 68.6 Å². The highest BCUT2D eigenvalue weighted by molar-refractivity contribution is 5.89. The van der Waals surface area contributed by atoms with Crippen molar-refractivity contribution in [1.29, 1.82) is 0 Å². The van der Waals surface area contributed by atoms with Gasteiger partial charge in [-0.25, -0.2) is 0 Å². The average Bonchev–Trinajstić information content (AvgIpc) is 1.55. The van der Waals surface area contributed by atoms with Gasteiger partial charge in [0.2, 0.25) is 0 Å². The van der Waals surface area contributed by atoms with Gasteiger partial charge in [-0.2, -0.15) is 0 Å². The molecule has 0 bridgehead atoms. The predicted octanol–water partition coefficient (Wildman–Crippen LogP) is 28.5. The third-order valence-corrected chi connectivity index (χ3v) is 20.7. The Bertz CT molecular complexity index is 4500. The Hall–Kier alpha value is -9.96. The minimum Gasteiger partial charge on any atom is -0.310 e. The molecular formula is C95H97N3. The molecule has 492 valence electrons. The van der Waals surface area contributed by atoms with Gasteiger partial charge in [-0.15, -0.1) is 0 Å². The molecule has 1 aliphatic rings. The van der Waals surface area contributed by atoms with Gasteiger partial charge < -0.3 is 14.7 Å². The first-order valence-electron chi connectivity index (χ1n) is 36.8. The number of hydrogen-bond donors (Lipinski definition) is 0. The number of benzene rings is 12. The van der Waals surface area contributed by atoms with Crippen LogP contribution < -0.4 is 14.7 Å². The molecular weight excluding hydrogens is 1180 g/mol. The van der Waals surface area contributed by atoms with Crippen molar-refractivity contribution in [3.8, 4) is 55.6 Å². The molecule has 0 amide bonds. The number of aryl methyl sites for hydroxylation is 3. The van der Waals surface area contributed by atoms with Gasteiger partial charge in [0.15, 0.2) is 0 Å². The number of rotatable bonds is 30. The molecule has 0 unspecified atom stereocenters. The van der Waals surface area contributed by atoms with E-state index < -0.39 is 0 Å². The van der Waals surface area contributed by atoms with Crippen LogP contribution in [0.15, 0.2) is 291 Å². The molecule has 98 heavy (non-hydrogen) atoms. The molecule has 13 rings (SSSR count). The van der Waals surface area contributed by atoms with E-state index in [2.05, 4.69) is 341 Å². The molecule has 0 saturated heterocycles. The average molecular weight is 1280 g/mol. The van der Waals surface area contributed by atoms with Crippen molar-refractivity contribution in [2.24, 2.45) is 0 Å². The van der Waals surface area contributed by atoms with Gasteiger partial charge in [0.1, 0.15) is 0 Å². The van der Waals surface area contributed by atoms with Crippen LogP contribution in [-0.2, 0) is 11.8 Å². The van der Waals surface area contributed by atoms with Crippen LogP contribution in [-0.4, -0.2) is 0 Å². The summed E-state index contributed by atoms with van der Waals surface area (Å²) in [6, 6.07) is 109. The number of nitrogens with zero attached hydrogens (tertiary/aromatic N) is 3. The predicted molar refractivity (Wildman–Crippen MR) is 423 cm³/mol. The van der Waals surface area contributed by atoms with Gasteiger partial charge in [0, 0.05) is 56.6 Å². The summed E-state index contributed by atoms with van der Waals surface area (Å²) in [5, 5.41) is 0. The standard InChI is InChI=1S/C95H97N3/c1-6-9-12-15-16-20-34-73-49-51-74(52-50-73)75-53-55-83(56-54-75)98(85-46-33-38-79(69-85)77-36-31-35-76(67-77)78-37-32-45-84(68-78)96(80-39-21-17-22-40-80)81-41-23-18-24-42-81)87-58-61-90(72(5)66-87)89-60-57-86(65-71(89)4)97(82-43-25-19-26-44-82)88-59-62-92-91-47-27-28-48-93(91)95(94(92)70-88,63-29-13-10-7-2)64-30-14-11-8-3/h17-19,21-28,31-33,35-62,65-70H,6-16,20,29-30,34,63-64H2,1-5H3. The highest BCUT2D eigenvalue weighted by Gasteiger charge is 2.42. The van der Waals surface area contributed by atoms with Crippen LogP contribution in [0.4, 0.5) is 51.2 Å². The van der Waals surface area contributed by atoms with E-state index in [1.807, 2.05) is 0 Å². The van der Waals surface area contributed by atoms with Gasteiger partial charge >= 0.3 is 0 Å². The molecule has 0 fully saturated rings. The third kappa shape index (κ3) is 14.9. The first-order valence-corrected chi connectivity index (χ1v) is 36.8. The zero-order valence-electron chi connectivity index (χ0n) is 58.6. The van der Waals surface area contributed by atoms with Crippen LogP contribution in [0, 0.1) is 13.8 Å². The van der Waals surface area contributed by atoms with Crippen molar-refractivity contribution in [3.05, 3.63) is 319 Å². The fourth-order valence-electron chi connectivity index (χ4n) is 15.5. The lowest BCUT2D eigenvalue weighted by atomic mass is 9.70. The van der Waals surface area contributed by atoms with Gasteiger partial charge in [-0.1, -0.05) is 280 Å². The number of fused-ring (bicyclic) bond motifs is 3. The maximum Gasteiger partial charge on any atom is 0.0467 e. The van der Waals surface area contributed by atoms with E-state index in [-0.39, 0.29) is 5.41 Å². The van der Waals surface area contributed by atoms with Crippen LogP contribution in [0.5, 0.6) is 0 Å². The van der Waals surface area contributed by atoms with Crippen LogP contribution in [0.3, 0.4) is 0 Å². The van der Waals surface area contributed by atoms with Gasteiger partial charge in [-0.05, 0) is 238 Å². The molecule has 0 saturated carbocycles. The lowest BCUT2D eigenvalue weighted by molar-refractivity contribution is 0.401. The second-order valence-electron chi connectivity index (χ2n) is 27.4. The molecule has 0 aliphatic heterocycles. The number of hydrogen-bond acceptors (Lipinski definition) is 3. The molecule has 12 aromatic carbocycles. The zero-order valence-corrected chi connectivity index (χ0v) is 58.6. The summed E-state index contributed by atoms with van der Waals surface area (Å²) in [6.07, 6.45) is 21.5. The lowest BCUT2D eigenvalue weighted by Gasteiger charge is -2.34. The molecule has 3 nitrogen and oxygen atoms in total. The fraction of sp³-hybridized carbons (Fsp3) is 0.242. The van der Waals surface area contributed by atoms with Crippen LogP contribution in [0.2, 0.25) is 0 Å². The molecule has 0 aromatic heterocycles. The van der Waals surface area contributed by atoms with Gasteiger partial charge in [0.25, 0.3) is 0 Å². The van der Waals surface area contributed by atoms with Crippen molar-refractivity contribution in [1.82, 2.24) is 0 Å². The zero-order chi connectivity index (χ0) is 67.1. The Morgan fingerprint density at radius 1 is 0.235 bits per heavy atom. The fourth-order valence-corrected chi connectivity index (χ4v) is 15.5. The Balaban J connectivity index is 0.834. The van der Waals surface area contributed by atoms with Crippen molar-refractivity contribution >= 4 is 51.2 Å². The smallest absolute Gasteiger partial charge is 0.0467 e. The molecule has 0 N–H and O–H groups in total. The monoisotopic (exact) mass is 1280 g/mol. The topological polar surface area (TPSA) is 9.72 Å². The quantitative estimate of drug-likeness (QED) is 0.0416. The Morgan fingerprint density at radius 3 is 1.07 bits per heavy atom. The largest absolute Gasteiger partial charge is 0.310 e. The normalized spacial score (nSPS) is 12.1. The second-order valence-corrected chi connectivity index (χ2v) is 27.4. The SMILES string of the molecule is CCCCCCCCc1ccc(-c2ccc(N(c3cccc(-c4cccc(-c5cccc(N(c6ccccc6)c6ccccc6)c5)c4)c3)c3ccc(-c4ccc(N(c5ccccc5)c5ccc6c(c5)C(CCCCCC)(CCCCCC)c5ccccc5-6)cc4C)c(C)c3)cc2)cc1. The van der Waals surface area contributed by atoms with Crippen LogP contribution in [0.1, 0.15) is 151 Å². The maximum absolute atomic E-state index is 2.59. The van der Waals surface area contributed by atoms with Crippen molar-refractivity contribution in [3.63, 3.8) is 0 Å². The lowest BCUT2D eigenvalue weighted by Crippen LogP contribution is -2.26. The summed E-state index contributed by atoms with van der Waals surface area (Å²) in [5.74, 6) is 0. The summed E-state index contributed by atoms with van der Waals surface area (Å²) in [4.78, 5) is 7.27. The van der Waals surface area contributed by atoms with E-state index in [1.54, 1.807) is 0 Å². The first kappa shape index (κ1) is 66.6. The Morgan fingerprint density at radius 2 is 0.582 bits per heavy atom. The Kier molecular flexibility index (Phi) is 21.7. The minimum absolute atomic E-state index is 0.00759. The molecule has 1 aliphatic carbocycles. The number of para-hydroxylation sites is 3. The summed E-state index contributed by atoms with van der Waals surface area (Å²) < 4.78 is 0. The summed E-state index contributed by atoms with van der Waals surface area (Å²) >= 11 is 0. The second kappa shape index (κ2) is 31.9. The summed E-state index contributed by atoms with van der Waals surface area (Å²) in [6.45, 7) is 11.5. The van der Waals surface area contributed by atoms with Crippen LogP contribution >= 0.6 is 0 Å². The molecule has 3 heteroatoms. The highest BCUT2D eigenvalue weighted by atomic mass is 15.2. The van der Waals surface area contributed by atoms with E-state index in [9.17, 15) is 0 Å². The van der Waals surface area contributed by atoms with Gasteiger partial charge in [0.05, 0.1) is 0 Å². The number of unbranched alkanes of at least 4 members (excludes halogenated alkanes) is 11. The summed E-state index contributed by atoms with van der Waals surface area (Å²) in [5.41, 5.74) is 29.5. The summed E-state index contributed by atoms with van der Waals surface area (Å²) in [7, 11) is 0. The van der Waals surface area contributed by atoms with Crippen molar-refractivity contribution in [2.75, 3.05) is 14.7 Å².